The lowest BCUT2D eigenvalue weighted by Gasteiger charge is -2.10. The molecule has 1 amide bonds. The number of esters is 1. The summed E-state index contributed by atoms with van der Waals surface area (Å²) in [6, 6.07) is 12.4. The molecule has 0 radical (unpaired) electrons. The van der Waals surface area contributed by atoms with Gasteiger partial charge in [0.1, 0.15) is 12.1 Å². The molecule has 144 valence electrons. The zero-order chi connectivity index (χ0) is 20.3. The maximum Gasteiger partial charge on any atom is 0.325 e. The van der Waals surface area contributed by atoms with E-state index < -0.39 is 34.5 Å². The Labute approximate surface area is 169 Å². The molecule has 8 heteroatoms. The second-order valence-corrected chi connectivity index (χ2v) is 7.23. The lowest BCUT2D eigenvalue weighted by Crippen LogP contribution is -2.33. The van der Waals surface area contributed by atoms with E-state index in [9.17, 15) is 19.5 Å². The van der Waals surface area contributed by atoms with Crippen molar-refractivity contribution in [3.63, 3.8) is 0 Å². The van der Waals surface area contributed by atoms with Crippen molar-refractivity contribution in [2.75, 3.05) is 13.2 Å². The molecule has 1 heterocycles. The summed E-state index contributed by atoms with van der Waals surface area (Å²) in [5.41, 5.74) is 0.416. The minimum atomic E-state index is -0.852. The molecular formula is C20H16ClNO5S. The number of nitrogens with one attached hydrogen (secondary N) is 1. The summed E-state index contributed by atoms with van der Waals surface area (Å²) < 4.78 is 5.24. The van der Waals surface area contributed by atoms with E-state index >= 15 is 0 Å². The molecule has 0 aliphatic heterocycles. The Morgan fingerprint density at radius 2 is 1.93 bits per heavy atom. The molecule has 0 aliphatic carbocycles. The normalized spacial score (nSPS) is 10.6. The number of carbonyl (C=O) groups is 2. The summed E-state index contributed by atoms with van der Waals surface area (Å²) >= 11 is 7.10. The number of amides is 1. The van der Waals surface area contributed by atoms with Crippen LogP contribution in [-0.4, -0.2) is 30.1 Å². The smallest absolute Gasteiger partial charge is 0.325 e. The zero-order valence-corrected chi connectivity index (χ0v) is 16.4. The molecule has 1 aromatic heterocycles. The Hall–Kier alpha value is -2.90. The molecule has 28 heavy (non-hydrogen) atoms. The second-order valence-electron chi connectivity index (χ2n) is 5.80. The lowest BCUT2D eigenvalue weighted by atomic mass is 10.0. The van der Waals surface area contributed by atoms with Crippen LogP contribution in [0, 0.1) is 0 Å². The highest BCUT2D eigenvalue weighted by molar-refractivity contribution is 7.20. The highest BCUT2D eigenvalue weighted by Gasteiger charge is 2.22. The number of halogens is 1. The van der Waals surface area contributed by atoms with Crippen LogP contribution < -0.4 is 10.7 Å². The number of fused-ring (bicyclic) bond motifs is 1. The number of ether oxygens (including phenoxy) is 1. The van der Waals surface area contributed by atoms with Crippen LogP contribution >= 0.6 is 22.9 Å². The Kier molecular flexibility index (Phi) is 5.96. The van der Waals surface area contributed by atoms with Crippen LogP contribution in [0.3, 0.4) is 0 Å². The standard InChI is InChI=1S/C20H16ClNO5S/c1-2-27-15(23)10-22-19(25)16-17(24)14-9-12(21)8-13(18(14)28-20(16)26)11-6-4-3-5-7-11/h3-9,26H,2,10H2,1H3,(H,22,25). The third kappa shape index (κ3) is 4.00. The lowest BCUT2D eigenvalue weighted by molar-refractivity contribution is -0.141. The number of carbonyl (C=O) groups excluding carboxylic acids is 2. The van der Waals surface area contributed by atoms with Crippen LogP contribution in [-0.2, 0) is 9.53 Å². The molecule has 0 aliphatic rings. The SMILES string of the molecule is CCOC(=O)CNC(=O)c1c(O)sc2c(-c3ccccc3)cc(Cl)cc2c1=O. The molecule has 0 unspecified atom stereocenters. The molecule has 6 nitrogen and oxygen atoms in total. The number of benzene rings is 2. The van der Waals surface area contributed by atoms with Crippen LogP contribution in [0.25, 0.3) is 21.2 Å². The van der Waals surface area contributed by atoms with E-state index in [4.69, 9.17) is 16.3 Å². The molecule has 2 N–H and O–H groups in total. The first-order valence-corrected chi connectivity index (χ1v) is 9.60. The first-order chi connectivity index (χ1) is 13.4. The summed E-state index contributed by atoms with van der Waals surface area (Å²) in [6.45, 7) is 1.41. The van der Waals surface area contributed by atoms with Crippen molar-refractivity contribution in [3.05, 3.63) is 63.3 Å². The maximum absolute atomic E-state index is 12.9. The predicted molar refractivity (Wildman–Crippen MR) is 109 cm³/mol. The summed E-state index contributed by atoms with van der Waals surface area (Å²) in [5.74, 6) is -1.49. The van der Waals surface area contributed by atoms with E-state index in [0.717, 1.165) is 16.9 Å². The van der Waals surface area contributed by atoms with Gasteiger partial charge in [-0.05, 0) is 24.6 Å². The molecule has 2 aromatic carbocycles. The molecule has 0 atom stereocenters. The molecule has 0 saturated heterocycles. The highest BCUT2D eigenvalue weighted by atomic mass is 35.5. The van der Waals surface area contributed by atoms with Gasteiger partial charge in [0.15, 0.2) is 5.06 Å². The molecule has 0 saturated carbocycles. The van der Waals surface area contributed by atoms with Gasteiger partial charge in [-0.25, -0.2) is 0 Å². The minimum Gasteiger partial charge on any atom is -0.499 e. The van der Waals surface area contributed by atoms with E-state index in [2.05, 4.69) is 5.32 Å². The Morgan fingerprint density at radius 3 is 2.61 bits per heavy atom. The maximum atomic E-state index is 12.9. The molecule has 0 spiro atoms. The van der Waals surface area contributed by atoms with Gasteiger partial charge in [-0.15, -0.1) is 0 Å². The fourth-order valence-electron chi connectivity index (χ4n) is 2.74. The summed E-state index contributed by atoms with van der Waals surface area (Å²) in [5, 5.41) is 12.8. The van der Waals surface area contributed by atoms with E-state index in [1.807, 2.05) is 30.3 Å². The van der Waals surface area contributed by atoms with Crippen molar-refractivity contribution >= 4 is 44.9 Å². The molecule has 3 rings (SSSR count). The van der Waals surface area contributed by atoms with Crippen molar-refractivity contribution < 1.29 is 19.4 Å². The van der Waals surface area contributed by atoms with Gasteiger partial charge in [-0.2, -0.15) is 0 Å². The summed E-state index contributed by atoms with van der Waals surface area (Å²) in [4.78, 5) is 36.7. The predicted octanol–water partition coefficient (Wildman–Crippen LogP) is 3.58. The topological polar surface area (TPSA) is 92.7 Å². The average Bonchev–Trinajstić information content (AvgIpc) is 2.67. The van der Waals surface area contributed by atoms with E-state index in [1.165, 1.54) is 6.07 Å². The van der Waals surface area contributed by atoms with Crippen molar-refractivity contribution in [2.24, 2.45) is 0 Å². The molecule has 3 aromatic rings. The van der Waals surface area contributed by atoms with Gasteiger partial charge in [0.2, 0.25) is 5.43 Å². The van der Waals surface area contributed by atoms with E-state index in [1.54, 1.807) is 13.0 Å². The van der Waals surface area contributed by atoms with Gasteiger partial charge >= 0.3 is 5.97 Å². The van der Waals surface area contributed by atoms with Crippen molar-refractivity contribution in [1.82, 2.24) is 5.32 Å². The van der Waals surface area contributed by atoms with E-state index in [0.29, 0.717) is 15.3 Å². The van der Waals surface area contributed by atoms with Crippen molar-refractivity contribution in [1.29, 1.82) is 0 Å². The van der Waals surface area contributed by atoms with Crippen LogP contribution in [0.15, 0.2) is 47.3 Å². The van der Waals surface area contributed by atoms with E-state index in [-0.39, 0.29) is 12.0 Å². The summed E-state index contributed by atoms with van der Waals surface area (Å²) in [7, 11) is 0. The van der Waals surface area contributed by atoms with Crippen molar-refractivity contribution in [3.8, 4) is 16.2 Å². The molecule has 0 fully saturated rings. The molecule has 0 bridgehead atoms. The number of rotatable bonds is 5. The number of aromatic hydroxyl groups is 1. The number of hydrogen-bond acceptors (Lipinski definition) is 6. The largest absolute Gasteiger partial charge is 0.499 e. The van der Waals surface area contributed by atoms with Gasteiger partial charge in [-0.1, -0.05) is 53.3 Å². The van der Waals surface area contributed by atoms with Gasteiger partial charge in [0, 0.05) is 20.7 Å². The minimum absolute atomic E-state index is 0.172. The van der Waals surface area contributed by atoms with Gasteiger partial charge in [0.05, 0.1) is 6.61 Å². The fourth-order valence-corrected chi connectivity index (χ4v) is 3.98. The highest BCUT2D eigenvalue weighted by Crippen LogP contribution is 2.37. The Bertz CT molecular complexity index is 1110. The Morgan fingerprint density at radius 1 is 1.21 bits per heavy atom. The monoisotopic (exact) mass is 417 g/mol. The van der Waals surface area contributed by atoms with Gasteiger partial charge in [0.25, 0.3) is 5.91 Å². The first kappa shape index (κ1) is 19.9. The third-order valence-corrected chi connectivity index (χ3v) is 5.21. The first-order valence-electron chi connectivity index (χ1n) is 8.41. The van der Waals surface area contributed by atoms with Crippen LogP contribution in [0.4, 0.5) is 0 Å². The number of hydrogen-bond donors (Lipinski definition) is 2. The Balaban J connectivity index is 2.09. The van der Waals surface area contributed by atoms with Crippen LogP contribution in [0.2, 0.25) is 5.02 Å². The quantitative estimate of drug-likeness (QED) is 0.619. The molecular weight excluding hydrogens is 402 g/mol. The fraction of sp³-hybridized carbons (Fsp3) is 0.150. The summed E-state index contributed by atoms with van der Waals surface area (Å²) in [6.07, 6.45) is 0. The van der Waals surface area contributed by atoms with Gasteiger partial charge < -0.3 is 15.2 Å². The second kappa shape index (κ2) is 8.41. The van der Waals surface area contributed by atoms with Crippen LogP contribution in [0.1, 0.15) is 17.3 Å². The average molecular weight is 418 g/mol. The van der Waals surface area contributed by atoms with Crippen LogP contribution in [0.5, 0.6) is 5.06 Å². The zero-order valence-electron chi connectivity index (χ0n) is 14.8. The van der Waals surface area contributed by atoms with Crippen molar-refractivity contribution in [2.45, 2.75) is 6.92 Å². The van der Waals surface area contributed by atoms with Gasteiger partial charge in [-0.3, -0.25) is 14.4 Å². The third-order valence-electron chi connectivity index (χ3n) is 3.95.